The van der Waals surface area contributed by atoms with Gasteiger partial charge in [-0.25, -0.2) is 4.85 Å². The molecule has 0 bridgehead atoms. The number of fused-ring (bicyclic) bond motifs is 9. The molecule has 5 heteroatoms. The largest absolute Gasteiger partial charge is 0.309 e. The van der Waals surface area contributed by atoms with Gasteiger partial charge in [0.1, 0.15) is 6.07 Å². The number of para-hydroxylation sites is 5. The Kier molecular flexibility index (Phi) is 6.61. The van der Waals surface area contributed by atoms with Gasteiger partial charge in [-0.2, -0.15) is 5.26 Å². The number of nitrogens with zero attached hydrogens (tertiary/aromatic N) is 5. The van der Waals surface area contributed by atoms with Crippen LogP contribution in [0.4, 0.5) is 5.69 Å². The zero-order chi connectivity index (χ0) is 36.6. The van der Waals surface area contributed by atoms with Crippen molar-refractivity contribution in [1.29, 1.82) is 5.26 Å². The number of hydrogen-bond acceptors (Lipinski definition) is 1. The first-order chi connectivity index (χ1) is 27.2. The molecule has 0 radical (unpaired) electrons. The van der Waals surface area contributed by atoms with Crippen LogP contribution >= 0.6 is 0 Å². The molecule has 0 amide bonds. The van der Waals surface area contributed by atoms with Crippen molar-refractivity contribution in [2.75, 3.05) is 0 Å². The van der Waals surface area contributed by atoms with Crippen LogP contribution in [0.2, 0.25) is 0 Å². The second-order valence-electron chi connectivity index (χ2n) is 14.0. The first kappa shape index (κ1) is 30.7. The Morgan fingerprint density at radius 1 is 0.418 bits per heavy atom. The molecule has 0 N–H and O–H groups in total. The minimum Gasteiger partial charge on any atom is -0.309 e. The number of nitriles is 1. The second-order valence-corrected chi connectivity index (χ2v) is 14.0. The molecule has 0 saturated carbocycles. The highest BCUT2D eigenvalue weighted by Gasteiger charge is 2.20. The summed E-state index contributed by atoms with van der Waals surface area (Å²) in [6, 6.07) is 63.8. The van der Waals surface area contributed by atoms with E-state index in [2.05, 4.69) is 176 Å². The van der Waals surface area contributed by atoms with E-state index in [1.54, 1.807) is 0 Å². The molecule has 3 aromatic heterocycles. The van der Waals surface area contributed by atoms with E-state index in [-0.39, 0.29) is 0 Å². The van der Waals surface area contributed by atoms with E-state index in [9.17, 15) is 5.26 Å². The van der Waals surface area contributed by atoms with Crippen molar-refractivity contribution in [3.63, 3.8) is 0 Å². The summed E-state index contributed by atoms with van der Waals surface area (Å²) in [5.41, 5.74) is 12.6. The Morgan fingerprint density at radius 2 is 0.945 bits per heavy atom. The quantitative estimate of drug-likeness (QED) is 0.169. The normalized spacial score (nSPS) is 11.6. The third kappa shape index (κ3) is 4.45. The van der Waals surface area contributed by atoms with Crippen LogP contribution in [-0.2, 0) is 0 Å². The van der Waals surface area contributed by atoms with Crippen molar-refractivity contribution in [2.24, 2.45) is 0 Å². The average Bonchev–Trinajstić information content (AvgIpc) is 3.88. The van der Waals surface area contributed by atoms with Crippen LogP contribution in [0.3, 0.4) is 0 Å². The van der Waals surface area contributed by atoms with Gasteiger partial charge in [-0.1, -0.05) is 109 Å². The fraction of sp³-hybridized carbons (Fsp3) is 0. The molecule has 55 heavy (non-hydrogen) atoms. The van der Waals surface area contributed by atoms with Gasteiger partial charge in [0.2, 0.25) is 0 Å². The lowest BCUT2D eigenvalue weighted by Crippen LogP contribution is -2.01. The fourth-order valence-electron chi connectivity index (χ4n) is 8.74. The number of benzene rings is 8. The summed E-state index contributed by atoms with van der Waals surface area (Å²) in [5, 5.41) is 17.5. The molecule has 0 spiro atoms. The third-order valence-electron chi connectivity index (χ3n) is 11.1. The third-order valence-corrected chi connectivity index (χ3v) is 11.1. The minimum atomic E-state index is 0.592. The van der Waals surface area contributed by atoms with Crippen LogP contribution in [0.5, 0.6) is 0 Å². The Hall–Kier alpha value is -7.86. The van der Waals surface area contributed by atoms with E-state index in [0.29, 0.717) is 11.3 Å². The standard InChI is InChI=1S/C50H29N5/c1-52-34-24-27-48-42(29-34)40-16-6-11-21-47(40)54(48)43-17-7-2-12-36(43)32-22-23-33(31-51)49(28-32)55-46-20-10-5-15-39(46)41-26-25-35(30-50(41)55)53-44-18-8-3-13-37(44)38-14-4-9-19-45(38)53/h2-30H. The maximum absolute atomic E-state index is 10.7. The Balaban J connectivity index is 1.17. The maximum atomic E-state index is 10.7. The molecule has 5 nitrogen and oxygen atoms in total. The van der Waals surface area contributed by atoms with E-state index in [1.165, 1.54) is 10.8 Å². The molecule has 0 aliphatic heterocycles. The molecule has 8 aromatic carbocycles. The lowest BCUT2D eigenvalue weighted by atomic mass is 10.00. The van der Waals surface area contributed by atoms with E-state index in [1.807, 2.05) is 24.3 Å². The number of hydrogen-bond donors (Lipinski definition) is 0. The smallest absolute Gasteiger partial charge is 0.188 e. The molecule has 0 aliphatic rings. The van der Waals surface area contributed by atoms with Gasteiger partial charge < -0.3 is 13.7 Å². The Labute approximate surface area is 316 Å². The van der Waals surface area contributed by atoms with Gasteiger partial charge in [-0.05, 0) is 77.7 Å². The van der Waals surface area contributed by atoms with E-state index < -0.39 is 0 Å². The summed E-state index contributed by atoms with van der Waals surface area (Å²) in [7, 11) is 0. The molecule has 11 aromatic rings. The summed E-state index contributed by atoms with van der Waals surface area (Å²) in [6.45, 7) is 7.66. The topological polar surface area (TPSA) is 42.9 Å². The Morgan fingerprint density at radius 3 is 1.58 bits per heavy atom. The highest BCUT2D eigenvalue weighted by atomic mass is 15.0. The maximum Gasteiger partial charge on any atom is 0.188 e. The van der Waals surface area contributed by atoms with Gasteiger partial charge in [-0.3, -0.25) is 0 Å². The van der Waals surface area contributed by atoms with Crippen molar-refractivity contribution in [2.45, 2.75) is 0 Å². The van der Waals surface area contributed by atoms with Crippen LogP contribution in [0.25, 0.3) is 98.5 Å². The van der Waals surface area contributed by atoms with Gasteiger partial charge in [0.15, 0.2) is 5.69 Å². The predicted octanol–water partition coefficient (Wildman–Crippen LogP) is 13.1. The van der Waals surface area contributed by atoms with Crippen molar-refractivity contribution < 1.29 is 0 Å². The second kappa shape index (κ2) is 11.8. The van der Waals surface area contributed by atoms with Crippen LogP contribution in [0.15, 0.2) is 176 Å². The van der Waals surface area contributed by atoms with Crippen LogP contribution in [0, 0.1) is 17.9 Å². The van der Waals surface area contributed by atoms with Crippen LogP contribution < -0.4 is 0 Å². The lowest BCUT2D eigenvalue weighted by Gasteiger charge is -2.17. The van der Waals surface area contributed by atoms with Crippen LogP contribution in [0.1, 0.15) is 5.56 Å². The summed E-state index contributed by atoms with van der Waals surface area (Å²) in [6.07, 6.45) is 0. The summed E-state index contributed by atoms with van der Waals surface area (Å²) >= 11 is 0. The first-order valence-corrected chi connectivity index (χ1v) is 18.3. The highest BCUT2D eigenvalue weighted by Crippen LogP contribution is 2.41. The van der Waals surface area contributed by atoms with Gasteiger partial charge in [-0.15, -0.1) is 0 Å². The molecule has 0 fully saturated rings. The molecule has 254 valence electrons. The zero-order valence-corrected chi connectivity index (χ0v) is 29.5. The van der Waals surface area contributed by atoms with Gasteiger partial charge in [0.25, 0.3) is 0 Å². The molecular weight excluding hydrogens is 671 g/mol. The molecule has 11 rings (SSSR count). The number of rotatable bonds is 4. The van der Waals surface area contributed by atoms with Crippen molar-refractivity contribution >= 4 is 71.1 Å². The highest BCUT2D eigenvalue weighted by molar-refractivity contribution is 6.13. The summed E-state index contributed by atoms with van der Waals surface area (Å²) < 4.78 is 6.90. The van der Waals surface area contributed by atoms with Crippen LogP contribution in [-0.4, -0.2) is 13.7 Å². The number of aromatic nitrogens is 3. The van der Waals surface area contributed by atoms with E-state index in [4.69, 9.17) is 6.57 Å². The SMILES string of the molecule is [C-]#[N+]c1ccc2c(c1)c1ccccc1n2-c1ccccc1-c1ccc(C#N)c(-n2c3ccccc3c3ccc(-n4c5ccccc5c5ccccc54)cc32)c1. The molecule has 0 atom stereocenters. The monoisotopic (exact) mass is 699 g/mol. The minimum absolute atomic E-state index is 0.592. The molecular formula is C50H29N5. The molecule has 0 unspecified atom stereocenters. The molecule has 0 aliphatic carbocycles. The van der Waals surface area contributed by atoms with Gasteiger partial charge >= 0.3 is 0 Å². The summed E-state index contributed by atoms with van der Waals surface area (Å²) in [4.78, 5) is 3.73. The zero-order valence-electron chi connectivity index (χ0n) is 29.5. The lowest BCUT2D eigenvalue weighted by molar-refractivity contribution is 1.15. The first-order valence-electron chi connectivity index (χ1n) is 18.3. The van der Waals surface area contributed by atoms with Crippen molar-refractivity contribution in [3.8, 4) is 34.3 Å². The predicted molar refractivity (Wildman–Crippen MR) is 226 cm³/mol. The molecule has 0 saturated heterocycles. The van der Waals surface area contributed by atoms with E-state index in [0.717, 1.165) is 82.8 Å². The molecule has 3 heterocycles. The Bertz CT molecular complexity index is 3420. The fourth-order valence-corrected chi connectivity index (χ4v) is 8.74. The summed E-state index contributed by atoms with van der Waals surface area (Å²) in [5.74, 6) is 0. The van der Waals surface area contributed by atoms with Crippen molar-refractivity contribution in [1.82, 2.24) is 13.7 Å². The average molecular weight is 700 g/mol. The van der Waals surface area contributed by atoms with Gasteiger partial charge in [0.05, 0.1) is 56.6 Å². The van der Waals surface area contributed by atoms with Gasteiger partial charge in [0, 0.05) is 38.2 Å². The van der Waals surface area contributed by atoms with Crippen molar-refractivity contribution in [3.05, 3.63) is 193 Å². The van der Waals surface area contributed by atoms with E-state index >= 15 is 0 Å².